The Morgan fingerprint density at radius 3 is 2.47 bits per heavy atom. The lowest BCUT2D eigenvalue weighted by Gasteiger charge is -2.39. The van der Waals surface area contributed by atoms with Gasteiger partial charge >= 0.3 is 12.1 Å². The minimum atomic E-state index is -5.08. The largest absolute Gasteiger partial charge is 0.490 e. The second kappa shape index (κ2) is 9.57. The lowest BCUT2D eigenvalue weighted by atomic mass is 9.95. The first-order chi connectivity index (χ1) is 15.0. The van der Waals surface area contributed by atoms with E-state index in [1.54, 1.807) is 11.3 Å². The van der Waals surface area contributed by atoms with Crippen LogP contribution in [0.4, 0.5) is 13.2 Å². The zero-order valence-electron chi connectivity index (χ0n) is 18.0. The molecule has 176 valence electrons. The zero-order chi connectivity index (χ0) is 23.6. The first kappa shape index (κ1) is 24.2. The van der Waals surface area contributed by atoms with Crippen LogP contribution in [0.2, 0.25) is 0 Å². The van der Waals surface area contributed by atoms with E-state index < -0.39 is 12.1 Å². The number of nitrogens with zero attached hydrogens (tertiary/aromatic N) is 4. The van der Waals surface area contributed by atoms with Crippen molar-refractivity contribution in [3.8, 4) is 0 Å². The van der Waals surface area contributed by atoms with Gasteiger partial charge in [-0.1, -0.05) is 5.16 Å². The third kappa shape index (κ3) is 5.47. The SMILES string of the molecule is Cc1nc(CN2C(=O)CC[C@@H]3[C@@H]2CCN3Cc2c(C)noc2C)cs1.O=C(O)C(F)(F)F. The second-order valence-corrected chi connectivity index (χ2v) is 8.98. The summed E-state index contributed by atoms with van der Waals surface area (Å²) in [6, 6.07) is 0.717. The summed E-state index contributed by atoms with van der Waals surface area (Å²) in [4.78, 5) is 30.5. The van der Waals surface area contributed by atoms with E-state index in [4.69, 9.17) is 14.4 Å². The van der Waals surface area contributed by atoms with Crippen molar-refractivity contribution in [1.82, 2.24) is 19.9 Å². The van der Waals surface area contributed by atoms with E-state index in [1.165, 1.54) is 5.56 Å². The lowest BCUT2D eigenvalue weighted by molar-refractivity contribution is -0.192. The number of aryl methyl sites for hydroxylation is 3. The van der Waals surface area contributed by atoms with Gasteiger partial charge in [-0.05, 0) is 33.6 Å². The van der Waals surface area contributed by atoms with E-state index in [2.05, 4.69) is 25.3 Å². The van der Waals surface area contributed by atoms with Gasteiger partial charge in [-0.25, -0.2) is 9.78 Å². The summed E-state index contributed by atoms with van der Waals surface area (Å²) in [7, 11) is 0. The van der Waals surface area contributed by atoms with Crippen molar-refractivity contribution < 1.29 is 32.4 Å². The molecule has 0 radical (unpaired) electrons. The fourth-order valence-electron chi connectivity index (χ4n) is 4.23. The number of hydrogen-bond donors (Lipinski definition) is 1. The van der Waals surface area contributed by atoms with Gasteiger partial charge in [0.25, 0.3) is 0 Å². The molecule has 12 heteroatoms. The molecule has 1 amide bonds. The molecule has 2 fully saturated rings. The second-order valence-electron chi connectivity index (χ2n) is 7.92. The highest BCUT2D eigenvalue weighted by Crippen LogP contribution is 2.34. The highest BCUT2D eigenvalue weighted by Gasteiger charge is 2.43. The summed E-state index contributed by atoms with van der Waals surface area (Å²) in [5, 5.41) is 14.3. The smallest absolute Gasteiger partial charge is 0.475 e. The third-order valence-electron chi connectivity index (χ3n) is 5.78. The van der Waals surface area contributed by atoms with Crippen LogP contribution in [0, 0.1) is 20.8 Å². The Hall–Kier alpha value is -2.47. The summed E-state index contributed by atoms with van der Waals surface area (Å²) < 4.78 is 37.0. The quantitative estimate of drug-likeness (QED) is 0.725. The number of likely N-dealkylation sites (tertiary alicyclic amines) is 2. The van der Waals surface area contributed by atoms with Crippen LogP contribution in [-0.4, -0.2) is 61.7 Å². The van der Waals surface area contributed by atoms with E-state index in [0.717, 1.165) is 48.1 Å². The molecule has 4 heterocycles. The number of rotatable bonds is 4. The Morgan fingerprint density at radius 2 is 1.94 bits per heavy atom. The van der Waals surface area contributed by atoms with Crippen LogP contribution in [-0.2, 0) is 22.7 Å². The van der Waals surface area contributed by atoms with Crippen molar-refractivity contribution in [3.63, 3.8) is 0 Å². The molecular weight excluding hydrogens is 449 g/mol. The number of aliphatic carboxylic acids is 1. The van der Waals surface area contributed by atoms with Crippen molar-refractivity contribution in [2.75, 3.05) is 6.54 Å². The van der Waals surface area contributed by atoms with Gasteiger partial charge < -0.3 is 14.5 Å². The zero-order valence-corrected chi connectivity index (χ0v) is 18.8. The Kier molecular flexibility index (Phi) is 7.23. The molecule has 2 atom stereocenters. The average molecular weight is 475 g/mol. The Morgan fingerprint density at radius 1 is 1.25 bits per heavy atom. The average Bonchev–Trinajstić information content (AvgIpc) is 3.39. The van der Waals surface area contributed by atoms with Gasteiger partial charge in [0.2, 0.25) is 5.91 Å². The van der Waals surface area contributed by atoms with Crippen LogP contribution < -0.4 is 0 Å². The summed E-state index contributed by atoms with van der Waals surface area (Å²) in [5.74, 6) is -1.58. The molecule has 0 unspecified atom stereocenters. The molecular formula is C20H25F3N4O4S. The molecule has 0 bridgehead atoms. The monoisotopic (exact) mass is 474 g/mol. The molecule has 2 aliphatic rings. The summed E-state index contributed by atoms with van der Waals surface area (Å²) >= 11 is 1.65. The maximum Gasteiger partial charge on any atom is 0.490 e. The van der Waals surface area contributed by atoms with Gasteiger partial charge in [0, 0.05) is 42.5 Å². The molecule has 0 saturated carbocycles. The maximum absolute atomic E-state index is 12.5. The van der Waals surface area contributed by atoms with Crippen molar-refractivity contribution in [3.05, 3.63) is 33.1 Å². The Balaban J connectivity index is 0.000000360. The van der Waals surface area contributed by atoms with Crippen molar-refractivity contribution in [2.24, 2.45) is 0 Å². The Bertz CT molecular complexity index is 955. The molecule has 2 aliphatic heterocycles. The number of aromatic nitrogens is 2. The number of halogens is 3. The van der Waals surface area contributed by atoms with Crippen molar-refractivity contribution in [2.45, 2.75) is 71.4 Å². The van der Waals surface area contributed by atoms with E-state index in [0.29, 0.717) is 25.0 Å². The summed E-state index contributed by atoms with van der Waals surface area (Å²) in [6.45, 7) is 8.50. The maximum atomic E-state index is 12.5. The van der Waals surface area contributed by atoms with Crippen LogP contribution in [0.5, 0.6) is 0 Å². The number of piperidine rings is 1. The highest BCUT2D eigenvalue weighted by atomic mass is 32.1. The van der Waals surface area contributed by atoms with E-state index in [1.807, 2.05) is 20.8 Å². The van der Waals surface area contributed by atoms with E-state index in [-0.39, 0.29) is 5.91 Å². The predicted octanol–water partition coefficient (Wildman–Crippen LogP) is 3.46. The number of thiazole rings is 1. The minimum absolute atomic E-state index is 0.270. The van der Waals surface area contributed by atoms with Crippen LogP contribution in [0.1, 0.15) is 47.0 Å². The summed E-state index contributed by atoms with van der Waals surface area (Å²) in [5.41, 5.74) is 3.18. The topological polar surface area (TPSA) is 99.8 Å². The van der Waals surface area contributed by atoms with Crippen LogP contribution >= 0.6 is 11.3 Å². The lowest BCUT2D eigenvalue weighted by Crippen LogP contribution is -2.51. The number of carboxylic acids is 1. The van der Waals surface area contributed by atoms with Crippen LogP contribution in [0.15, 0.2) is 9.90 Å². The number of alkyl halides is 3. The van der Waals surface area contributed by atoms with Crippen LogP contribution in [0.25, 0.3) is 0 Å². The molecule has 1 N–H and O–H groups in total. The van der Waals surface area contributed by atoms with Gasteiger partial charge in [0.1, 0.15) is 5.76 Å². The Labute approximate surface area is 187 Å². The standard InChI is InChI=1S/C18H24N4O2S.C2HF3O2/c1-11-15(12(2)24-20-11)9-21-7-6-17-16(21)4-5-18(23)22(17)8-14-10-25-13(3)19-14;3-2(4,5)1(6)7/h10,16-17H,4-9H2,1-3H3;(H,6,7)/t16-,17+;/m1./s1. The normalized spacial score (nSPS) is 21.3. The molecule has 4 rings (SSSR count). The van der Waals surface area contributed by atoms with E-state index in [9.17, 15) is 18.0 Å². The van der Waals surface area contributed by atoms with Gasteiger partial charge in [0.15, 0.2) is 0 Å². The summed E-state index contributed by atoms with van der Waals surface area (Å²) in [6.07, 6.45) is -2.48. The minimum Gasteiger partial charge on any atom is -0.475 e. The fourth-order valence-corrected chi connectivity index (χ4v) is 4.83. The first-order valence-corrected chi connectivity index (χ1v) is 11.0. The van der Waals surface area contributed by atoms with E-state index >= 15 is 0 Å². The number of carbonyl (C=O) groups is 2. The van der Waals surface area contributed by atoms with Crippen molar-refractivity contribution >= 4 is 23.2 Å². The number of carboxylic acid groups (broad SMARTS) is 1. The van der Waals surface area contributed by atoms with Gasteiger partial charge in [-0.15, -0.1) is 11.3 Å². The molecule has 2 aromatic rings. The molecule has 0 aliphatic carbocycles. The van der Waals surface area contributed by atoms with Crippen LogP contribution in [0.3, 0.4) is 0 Å². The molecule has 0 aromatic carbocycles. The molecule has 2 saturated heterocycles. The molecule has 8 nitrogen and oxygen atoms in total. The van der Waals surface area contributed by atoms with Gasteiger partial charge in [-0.2, -0.15) is 13.2 Å². The molecule has 32 heavy (non-hydrogen) atoms. The third-order valence-corrected chi connectivity index (χ3v) is 6.61. The molecule has 2 aromatic heterocycles. The van der Waals surface area contributed by atoms with Gasteiger partial charge in [0.05, 0.1) is 22.9 Å². The number of hydrogen-bond acceptors (Lipinski definition) is 7. The highest BCUT2D eigenvalue weighted by molar-refractivity contribution is 7.09. The number of carbonyl (C=O) groups excluding carboxylic acids is 1. The van der Waals surface area contributed by atoms with Crippen molar-refractivity contribution in [1.29, 1.82) is 0 Å². The number of amides is 1. The van der Waals surface area contributed by atoms with Gasteiger partial charge in [-0.3, -0.25) is 9.69 Å². The fraction of sp³-hybridized carbons (Fsp3) is 0.600. The first-order valence-electron chi connectivity index (χ1n) is 10.1. The predicted molar refractivity (Wildman–Crippen MR) is 109 cm³/mol. The number of fused-ring (bicyclic) bond motifs is 1. The molecule has 0 spiro atoms.